The first kappa shape index (κ1) is 15.0. The van der Waals surface area contributed by atoms with E-state index in [-0.39, 0.29) is 17.9 Å². The summed E-state index contributed by atoms with van der Waals surface area (Å²) in [6.07, 6.45) is 2.87. The highest BCUT2D eigenvalue weighted by molar-refractivity contribution is 5.91. The van der Waals surface area contributed by atoms with Crippen molar-refractivity contribution in [1.29, 1.82) is 0 Å². The van der Waals surface area contributed by atoms with Crippen LogP contribution in [0.25, 0.3) is 0 Å². The molecule has 1 saturated heterocycles. The minimum atomic E-state index is -0.0775. The zero-order valence-electron chi connectivity index (χ0n) is 12.2. The van der Waals surface area contributed by atoms with Crippen molar-refractivity contribution < 1.29 is 14.4 Å². The molecule has 6 nitrogen and oxygen atoms in total. The molecule has 20 heavy (non-hydrogen) atoms. The van der Waals surface area contributed by atoms with Crippen molar-refractivity contribution in [2.45, 2.75) is 33.1 Å². The Labute approximate surface area is 119 Å². The van der Waals surface area contributed by atoms with Crippen LogP contribution < -0.4 is 5.32 Å². The van der Waals surface area contributed by atoms with E-state index in [4.69, 9.17) is 4.52 Å². The molecule has 0 saturated carbocycles. The van der Waals surface area contributed by atoms with E-state index in [1.54, 1.807) is 13.0 Å². The van der Waals surface area contributed by atoms with Crippen molar-refractivity contribution in [1.82, 2.24) is 10.1 Å². The zero-order chi connectivity index (χ0) is 14.6. The Morgan fingerprint density at radius 1 is 1.55 bits per heavy atom. The number of amides is 1. The third kappa shape index (κ3) is 3.58. The molecule has 0 spiro atoms. The van der Waals surface area contributed by atoms with E-state index < -0.39 is 0 Å². The van der Waals surface area contributed by atoms with Gasteiger partial charge in [-0.1, -0.05) is 12.1 Å². The van der Waals surface area contributed by atoms with Gasteiger partial charge in [-0.05, 0) is 44.7 Å². The number of likely N-dealkylation sites (tertiary alicyclic amines) is 1. The number of aromatic nitrogens is 1. The first-order chi connectivity index (χ1) is 9.57. The lowest BCUT2D eigenvalue weighted by molar-refractivity contribution is -0.118. The van der Waals surface area contributed by atoms with Gasteiger partial charge >= 0.3 is 0 Å². The molecule has 1 amide bonds. The van der Waals surface area contributed by atoms with Crippen LogP contribution in [0.4, 0.5) is 5.82 Å². The van der Waals surface area contributed by atoms with Crippen LogP contribution in [-0.4, -0.2) is 47.3 Å². The van der Waals surface area contributed by atoms with Crippen molar-refractivity contribution in [2.24, 2.45) is 5.41 Å². The molecule has 0 aromatic carbocycles. The summed E-state index contributed by atoms with van der Waals surface area (Å²) in [4.78, 5) is 14.0. The Balaban J connectivity index is 1.79. The van der Waals surface area contributed by atoms with Gasteiger partial charge < -0.3 is 14.9 Å². The van der Waals surface area contributed by atoms with E-state index in [0.717, 1.165) is 32.4 Å². The lowest BCUT2D eigenvalue weighted by Gasteiger charge is -2.39. The number of anilines is 1. The van der Waals surface area contributed by atoms with Gasteiger partial charge in [-0.3, -0.25) is 9.69 Å². The van der Waals surface area contributed by atoms with Gasteiger partial charge in [0, 0.05) is 12.7 Å². The largest absolute Gasteiger partial charge is 0.396 e. The average molecular weight is 281 g/mol. The number of nitrogens with zero attached hydrogens (tertiary/aromatic N) is 2. The molecule has 0 unspecified atom stereocenters. The van der Waals surface area contributed by atoms with Gasteiger partial charge in [-0.25, -0.2) is 0 Å². The number of hydrogen-bond donors (Lipinski definition) is 2. The summed E-state index contributed by atoms with van der Waals surface area (Å²) in [6, 6.07) is 1.70. The lowest BCUT2D eigenvalue weighted by Crippen LogP contribution is -2.44. The van der Waals surface area contributed by atoms with Crippen LogP contribution in [0.1, 0.15) is 31.9 Å². The third-order valence-corrected chi connectivity index (χ3v) is 4.26. The maximum atomic E-state index is 11.9. The molecule has 0 bridgehead atoms. The van der Waals surface area contributed by atoms with Crippen molar-refractivity contribution in [3.63, 3.8) is 0 Å². The van der Waals surface area contributed by atoms with Gasteiger partial charge in [0.05, 0.1) is 6.54 Å². The van der Waals surface area contributed by atoms with Gasteiger partial charge in [0.25, 0.3) is 0 Å². The predicted molar refractivity (Wildman–Crippen MR) is 75.4 cm³/mol. The van der Waals surface area contributed by atoms with Gasteiger partial charge in [-0.2, -0.15) is 0 Å². The average Bonchev–Trinajstić information content (AvgIpc) is 2.85. The molecule has 1 aromatic rings. The van der Waals surface area contributed by atoms with Gasteiger partial charge in [-0.15, -0.1) is 0 Å². The fraction of sp³-hybridized carbons (Fsp3) is 0.714. The van der Waals surface area contributed by atoms with Gasteiger partial charge in [0.2, 0.25) is 5.91 Å². The topological polar surface area (TPSA) is 78.6 Å². The Hall–Kier alpha value is -1.40. The molecule has 0 radical (unpaired) electrons. The molecule has 1 fully saturated rings. The lowest BCUT2D eigenvalue weighted by atomic mass is 9.77. The highest BCUT2D eigenvalue weighted by Crippen LogP contribution is 2.33. The minimum Gasteiger partial charge on any atom is -0.396 e. The maximum Gasteiger partial charge on any atom is 0.239 e. The van der Waals surface area contributed by atoms with E-state index >= 15 is 0 Å². The number of carbonyl (C=O) groups excluding carboxylic acids is 1. The van der Waals surface area contributed by atoms with Crippen molar-refractivity contribution in [3.8, 4) is 0 Å². The van der Waals surface area contributed by atoms with Crippen LogP contribution in [-0.2, 0) is 4.79 Å². The number of aliphatic hydroxyl groups is 1. The molecule has 2 N–H and O–H groups in total. The highest BCUT2D eigenvalue weighted by atomic mass is 16.5. The second-order valence-electron chi connectivity index (χ2n) is 5.66. The monoisotopic (exact) mass is 281 g/mol. The second-order valence-corrected chi connectivity index (χ2v) is 5.66. The number of rotatable bonds is 5. The molecular formula is C14H23N3O3. The number of aryl methyl sites for hydroxylation is 1. The molecule has 2 rings (SSSR count). The zero-order valence-corrected chi connectivity index (χ0v) is 12.2. The third-order valence-electron chi connectivity index (χ3n) is 4.26. The van der Waals surface area contributed by atoms with E-state index in [0.29, 0.717) is 18.1 Å². The molecule has 0 atom stereocenters. The van der Waals surface area contributed by atoms with Crippen LogP contribution in [0.3, 0.4) is 0 Å². The maximum absolute atomic E-state index is 11.9. The fourth-order valence-corrected chi connectivity index (χ4v) is 2.62. The number of hydrogen-bond acceptors (Lipinski definition) is 5. The van der Waals surface area contributed by atoms with Crippen LogP contribution in [0.15, 0.2) is 10.6 Å². The predicted octanol–water partition coefficient (Wildman–Crippen LogP) is 1.41. The number of carbonyl (C=O) groups is 1. The quantitative estimate of drug-likeness (QED) is 0.853. The number of piperidine rings is 1. The number of aliphatic hydroxyl groups excluding tert-OH is 1. The summed E-state index contributed by atoms with van der Waals surface area (Å²) >= 11 is 0. The fourth-order valence-electron chi connectivity index (χ4n) is 2.62. The molecule has 1 aliphatic heterocycles. The SMILES string of the molecule is CCC1(CO)CCN(CC(=O)Nc2cc(C)on2)CC1. The molecule has 1 aromatic heterocycles. The Morgan fingerprint density at radius 2 is 2.25 bits per heavy atom. The van der Waals surface area contributed by atoms with Crippen molar-refractivity contribution in [2.75, 3.05) is 31.6 Å². The molecule has 112 valence electrons. The van der Waals surface area contributed by atoms with Crippen LogP contribution in [0.2, 0.25) is 0 Å². The molecule has 0 aliphatic carbocycles. The summed E-state index contributed by atoms with van der Waals surface area (Å²) in [5.74, 6) is 1.06. The summed E-state index contributed by atoms with van der Waals surface area (Å²) in [6.45, 7) is 6.19. The first-order valence-electron chi connectivity index (χ1n) is 7.13. The summed E-state index contributed by atoms with van der Waals surface area (Å²) in [7, 11) is 0. The van der Waals surface area contributed by atoms with Gasteiger partial charge in [0.1, 0.15) is 5.76 Å². The summed E-state index contributed by atoms with van der Waals surface area (Å²) in [5.41, 5.74) is 0.0518. The smallest absolute Gasteiger partial charge is 0.239 e. The highest BCUT2D eigenvalue weighted by Gasteiger charge is 2.32. The van der Waals surface area contributed by atoms with Crippen LogP contribution >= 0.6 is 0 Å². The van der Waals surface area contributed by atoms with E-state index in [1.807, 2.05) is 0 Å². The van der Waals surface area contributed by atoms with E-state index in [2.05, 4.69) is 22.3 Å². The summed E-state index contributed by atoms with van der Waals surface area (Å²) < 4.78 is 4.91. The minimum absolute atomic E-state index is 0.0518. The Morgan fingerprint density at radius 3 is 2.75 bits per heavy atom. The molecule has 6 heteroatoms. The second kappa shape index (κ2) is 6.37. The molecule has 1 aliphatic rings. The van der Waals surface area contributed by atoms with Gasteiger partial charge in [0.15, 0.2) is 5.82 Å². The Kier molecular flexibility index (Phi) is 4.77. The normalized spacial score (nSPS) is 18.9. The van der Waals surface area contributed by atoms with E-state index in [1.165, 1.54) is 0 Å². The standard InChI is InChI=1S/C14H23N3O3/c1-3-14(10-18)4-6-17(7-5-14)9-13(19)15-12-8-11(2)20-16-12/h8,18H,3-7,9-10H2,1-2H3,(H,15,16,19). The summed E-state index contributed by atoms with van der Waals surface area (Å²) in [5, 5.41) is 16.0. The Bertz CT molecular complexity index is 444. The van der Waals surface area contributed by atoms with E-state index in [9.17, 15) is 9.90 Å². The van der Waals surface area contributed by atoms with Crippen LogP contribution in [0.5, 0.6) is 0 Å². The van der Waals surface area contributed by atoms with Crippen molar-refractivity contribution >= 4 is 11.7 Å². The van der Waals surface area contributed by atoms with Crippen molar-refractivity contribution in [3.05, 3.63) is 11.8 Å². The number of nitrogens with one attached hydrogen (secondary N) is 1. The first-order valence-corrected chi connectivity index (χ1v) is 7.13. The molecular weight excluding hydrogens is 258 g/mol. The van der Waals surface area contributed by atoms with Crippen LogP contribution in [0, 0.1) is 12.3 Å². The molecule has 2 heterocycles.